The van der Waals surface area contributed by atoms with Gasteiger partial charge in [0.05, 0.1) is 15.5 Å². The van der Waals surface area contributed by atoms with Gasteiger partial charge >= 0.3 is 0 Å². The van der Waals surface area contributed by atoms with Crippen molar-refractivity contribution < 1.29 is 9.72 Å². The average molecular weight is 368 g/mol. The van der Waals surface area contributed by atoms with E-state index < -0.39 is 4.92 Å². The number of amidine groups is 1. The second-order valence-electron chi connectivity index (χ2n) is 5.66. The van der Waals surface area contributed by atoms with E-state index in [4.69, 9.17) is 0 Å². The number of carbonyl (C=O) groups excluding carboxylic acids is 1. The van der Waals surface area contributed by atoms with Crippen molar-refractivity contribution in [1.29, 1.82) is 0 Å². The number of benzene rings is 2. The van der Waals surface area contributed by atoms with E-state index in [0.29, 0.717) is 15.6 Å². The van der Waals surface area contributed by atoms with Crippen molar-refractivity contribution in [3.63, 3.8) is 0 Å². The molecule has 132 valence electrons. The molecule has 2 aromatic carbocycles. The number of carbonyl (C=O) groups is 1. The number of rotatable bonds is 4. The van der Waals surface area contributed by atoms with Crippen molar-refractivity contribution in [1.82, 2.24) is 10.0 Å². The average Bonchev–Trinajstić information content (AvgIpc) is 2.91. The van der Waals surface area contributed by atoms with Gasteiger partial charge in [0.1, 0.15) is 0 Å². The first kappa shape index (κ1) is 17.8. The molecule has 2 aromatic rings. The maximum atomic E-state index is 12.8. The molecule has 0 spiro atoms. The largest absolute Gasteiger partial charge is 0.281 e. The Balaban J connectivity index is 1.97. The molecule has 1 amide bonds. The van der Waals surface area contributed by atoms with Crippen LogP contribution in [0.25, 0.3) is 6.08 Å². The highest BCUT2D eigenvalue weighted by atomic mass is 32.2. The van der Waals surface area contributed by atoms with Crippen molar-refractivity contribution in [2.75, 3.05) is 14.1 Å². The molecule has 1 fully saturated rings. The van der Waals surface area contributed by atoms with Gasteiger partial charge in [0.25, 0.3) is 11.6 Å². The zero-order valence-corrected chi connectivity index (χ0v) is 15.0. The van der Waals surface area contributed by atoms with Crippen LogP contribution in [0.2, 0.25) is 0 Å². The third kappa shape index (κ3) is 3.81. The van der Waals surface area contributed by atoms with Crippen molar-refractivity contribution >= 4 is 40.3 Å². The number of thioether (sulfide) groups is 1. The summed E-state index contributed by atoms with van der Waals surface area (Å²) in [5.74, 6) is -0.221. The van der Waals surface area contributed by atoms with E-state index in [-0.39, 0.29) is 11.6 Å². The van der Waals surface area contributed by atoms with Crippen LogP contribution in [0.1, 0.15) is 5.56 Å². The molecule has 7 nitrogen and oxygen atoms in total. The Kier molecular flexibility index (Phi) is 5.15. The molecule has 0 unspecified atom stereocenters. The summed E-state index contributed by atoms with van der Waals surface area (Å²) in [6, 6.07) is 15.5. The summed E-state index contributed by atoms with van der Waals surface area (Å²) in [6.07, 6.45) is 1.64. The molecule has 1 heterocycles. The number of amides is 1. The fraction of sp³-hybridized carbons (Fsp3) is 0.111. The number of nitro groups is 1. The van der Waals surface area contributed by atoms with Crippen LogP contribution in [0.5, 0.6) is 0 Å². The molecule has 26 heavy (non-hydrogen) atoms. The molecular weight excluding hydrogens is 352 g/mol. The lowest BCUT2D eigenvalue weighted by molar-refractivity contribution is -0.384. The molecule has 3 rings (SSSR count). The van der Waals surface area contributed by atoms with Crippen LogP contribution >= 0.6 is 11.8 Å². The quantitative estimate of drug-likeness (QED) is 0.467. The third-order valence-corrected chi connectivity index (χ3v) is 4.50. The van der Waals surface area contributed by atoms with Crippen molar-refractivity contribution in [3.8, 4) is 0 Å². The Bertz CT molecular complexity index is 910. The molecule has 1 aliphatic heterocycles. The second kappa shape index (κ2) is 7.51. The Morgan fingerprint density at radius 2 is 1.88 bits per heavy atom. The topological polar surface area (TPSA) is 79.0 Å². The first-order valence-corrected chi connectivity index (χ1v) is 8.57. The molecule has 0 saturated carbocycles. The van der Waals surface area contributed by atoms with Gasteiger partial charge in [-0.25, -0.2) is 15.0 Å². The summed E-state index contributed by atoms with van der Waals surface area (Å²) >= 11 is 1.24. The van der Waals surface area contributed by atoms with Crippen molar-refractivity contribution in [2.24, 2.45) is 4.99 Å². The summed E-state index contributed by atoms with van der Waals surface area (Å²) in [5, 5.41) is 14.6. The monoisotopic (exact) mass is 368 g/mol. The summed E-state index contributed by atoms with van der Waals surface area (Å²) in [6.45, 7) is 0. The second-order valence-corrected chi connectivity index (χ2v) is 6.67. The van der Waals surface area contributed by atoms with Crippen LogP contribution in [0.15, 0.2) is 64.5 Å². The highest BCUT2D eigenvalue weighted by Crippen LogP contribution is 2.34. The van der Waals surface area contributed by atoms with Crippen LogP contribution in [0.3, 0.4) is 0 Å². The van der Waals surface area contributed by atoms with E-state index in [2.05, 4.69) is 4.99 Å². The summed E-state index contributed by atoms with van der Waals surface area (Å²) in [5.41, 5.74) is 1.32. The molecule has 0 aliphatic carbocycles. The van der Waals surface area contributed by atoms with Crippen LogP contribution in [0, 0.1) is 10.1 Å². The predicted molar refractivity (Wildman–Crippen MR) is 103 cm³/mol. The number of hydrogen-bond acceptors (Lipinski definition) is 6. The zero-order valence-electron chi connectivity index (χ0n) is 14.2. The van der Waals surface area contributed by atoms with Crippen LogP contribution in [-0.2, 0) is 4.79 Å². The van der Waals surface area contributed by atoms with Gasteiger partial charge in [0.15, 0.2) is 5.17 Å². The molecule has 0 atom stereocenters. The van der Waals surface area contributed by atoms with E-state index in [0.717, 1.165) is 5.69 Å². The molecule has 0 bridgehead atoms. The number of nitrogens with zero attached hydrogens (tertiary/aromatic N) is 4. The SMILES string of the molecule is CN(C)N1C(=O)/C(=C/c2cccc([N+](=O)[O-])c2)SC1=Nc1ccccc1. The Morgan fingerprint density at radius 3 is 2.54 bits per heavy atom. The molecule has 1 aliphatic rings. The predicted octanol–water partition coefficient (Wildman–Crippen LogP) is 3.68. The highest BCUT2D eigenvalue weighted by molar-refractivity contribution is 8.18. The number of non-ortho nitro benzene ring substituents is 1. The van der Waals surface area contributed by atoms with Gasteiger partial charge < -0.3 is 0 Å². The summed E-state index contributed by atoms with van der Waals surface area (Å²) < 4.78 is 0. The van der Waals surface area contributed by atoms with Gasteiger partial charge in [0.2, 0.25) is 0 Å². The van der Waals surface area contributed by atoms with Crippen LogP contribution in [0.4, 0.5) is 11.4 Å². The Morgan fingerprint density at radius 1 is 1.15 bits per heavy atom. The zero-order chi connectivity index (χ0) is 18.7. The Labute approximate surface area is 154 Å². The molecular formula is C18H16N4O3S. The molecule has 0 N–H and O–H groups in total. The maximum Gasteiger partial charge on any atom is 0.281 e. The first-order chi connectivity index (χ1) is 12.5. The minimum absolute atomic E-state index is 0.0163. The molecule has 1 saturated heterocycles. The highest BCUT2D eigenvalue weighted by Gasteiger charge is 2.35. The van der Waals surface area contributed by atoms with Gasteiger partial charge in [-0.3, -0.25) is 14.9 Å². The van der Waals surface area contributed by atoms with Crippen molar-refractivity contribution in [2.45, 2.75) is 0 Å². The minimum atomic E-state index is -0.458. The summed E-state index contributed by atoms with van der Waals surface area (Å²) in [4.78, 5) is 28.2. The molecule has 0 radical (unpaired) electrons. The van der Waals surface area contributed by atoms with E-state index >= 15 is 0 Å². The van der Waals surface area contributed by atoms with Crippen LogP contribution in [-0.4, -0.2) is 40.1 Å². The molecule has 0 aromatic heterocycles. The van der Waals surface area contributed by atoms with Gasteiger partial charge in [-0.15, -0.1) is 0 Å². The normalized spacial score (nSPS) is 17.5. The van der Waals surface area contributed by atoms with E-state index in [9.17, 15) is 14.9 Å². The molecule has 8 heteroatoms. The van der Waals surface area contributed by atoms with Gasteiger partial charge in [0, 0.05) is 26.2 Å². The standard InChI is InChI=1S/C18H16N4O3S/c1-20(2)21-17(23)16(12-13-7-6-10-15(11-13)22(24)25)26-18(21)19-14-8-4-3-5-9-14/h3-12H,1-2H3/b16-12-,19-18?. The minimum Gasteiger partial charge on any atom is -0.267 e. The first-order valence-electron chi connectivity index (χ1n) is 7.75. The van der Waals surface area contributed by atoms with E-state index in [1.807, 2.05) is 30.3 Å². The number of nitro benzene ring substituents is 1. The third-order valence-electron chi connectivity index (χ3n) is 3.55. The maximum absolute atomic E-state index is 12.8. The Hall–Kier alpha value is -2.97. The van der Waals surface area contributed by atoms with Gasteiger partial charge in [-0.2, -0.15) is 0 Å². The van der Waals surface area contributed by atoms with Gasteiger partial charge in [-0.1, -0.05) is 30.3 Å². The van der Waals surface area contributed by atoms with E-state index in [1.165, 1.54) is 28.9 Å². The van der Waals surface area contributed by atoms with Gasteiger partial charge in [-0.05, 0) is 35.5 Å². The van der Waals surface area contributed by atoms with E-state index in [1.54, 1.807) is 37.3 Å². The smallest absolute Gasteiger partial charge is 0.267 e. The lowest BCUT2D eigenvalue weighted by Crippen LogP contribution is -2.40. The number of hydrogen-bond donors (Lipinski definition) is 0. The number of aliphatic imine (C=N–C) groups is 1. The number of para-hydroxylation sites is 1. The fourth-order valence-electron chi connectivity index (χ4n) is 2.38. The lowest BCUT2D eigenvalue weighted by atomic mass is 10.2. The lowest BCUT2D eigenvalue weighted by Gasteiger charge is -2.22. The summed E-state index contributed by atoms with van der Waals surface area (Å²) in [7, 11) is 3.52. The van der Waals surface area contributed by atoms with Crippen LogP contribution < -0.4 is 0 Å². The number of hydrazine groups is 1. The fourth-order valence-corrected chi connectivity index (χ4v) is 3.43. The van der Waals surface area contributed by atoms with Crippen molar-refractivity contribution in [3.05, 3.63) is 75.2 Å².